The Balaban J connectivity index is 2.04. The van der Waals surface area contributed by atoms with Crippen LogP contribution in [-0.2, 0) is 9.53 Å². The van der Waals surface area contributed by atoms with Gasteiger partial charge in [-0.25, -0.2) is 18.6 Å². The Morgan fingerprint density at radius 3 is 2.52 bits per heavy atom. The van der Waals surface area contributed by atoms with Crippen molar-refractivity contribution in [2.45, 2.75) is 13.0 Å². The summed E-state index contributed by atoms with van der Waals surface area (Å²) in [6.45, 7) is 1.26. The molecule has 0 saturated carbocycles. The molecule has 2 rings (SSSR count). The lowest BCUT2D eigenvalue weighted by molar-refractivity contribution is -0.123. The zero-order valence-electron chi connectivity index (χ0n) is 11.8. The molecule has 0 fully saturated rings. The third-order valence-electron chi connectivity index (χ3n) is 2.80. The van der Waals surface area contributed by atoms with Gasteiger partial charge in [-0.1, -0.05) is 17.7 Å². The van der Waals surface area contributed by atoms with E-state index in [0.29, 0.717) is 0 Å². The Kier molecular flexibility index (Phi) is 5.23. The second kappa shape index (κ2) is 7.15. The number of anilines is 1. The fourth-order valence-electron chi connectivity index (χ4n) is 1.63. The lowest BCUT2D eigenvalue weighted by Gasteiger charge is -2.14. The largest absolute Gasteiger partial charge is 0.448 e. The lowest BCUT2D eigenvalue weighted by Crippen LogP contribution is -2.30. The van der Waals surface area contributed by atoms with Crippen molar-refractivity contribution >= 4 is 29.2 Å². The van der Waals surface area contributed by atoms with Gasteiger partial charge < -0.3 is 10.1 Å². The molecule has 0 unspecified atom stereocenters. The van der Waals surface area contributed by atoms with Crippen LogP contribution in [0.25, 0.3) is 0 Å². The van der Waals surface area contributed by atoms with Crippen molar-refractivity contribution in [3.8, 4) is 0 Å². The maximum absolute atomic E-state index is 13.5. The van der Waals surface area contributed by atoms with E-state index in [1.54, 1.807) is 0 Å². The number of carbonyl (C=O) groups is 2. The molecule has 1 atom stereocenters. The molecule has 1 N–H and O–H groups in total. The van der Waals surface area contributed by atoms with Crippen molar-refractivity contribution in [1.82, 2.24) is 4.98 Å². The van der Waals surface area contributed by atoms with Crippen molar-refractivity contribution in [2.75, 3.05) is 5.32 Å². The van der Waals surface area contributed by atoms with Gasteiger partial charge in [-0.3, -0.25) is 4.79 Å². The zero-order valence-corrected chi connectivity index (χ0v) is 12.6. The van der Waals surface area contributed by atoms with Crippen molar-refractivity contribution in [1.29, 1.82) is 0 Å². The summed E-state index contributed by atoms with van der Waals surface area (Å²) in [6.07, 6.45) is 0.0144. The van der Waals surface area contributed by atoms with Gasteiger partial charge in [0.15, 0.2) is 6.10 Å². The van der Waals surface area contributed by atoms with Gasteiger partial charge in [-0.05, 0) is 31.2 Å². The number of nitrogens with zero attached hydrogens (tertiary/aromatic N) is 1. The van der Waals surface area contributed by atoms with Gasteiger partial charge in [-0.15, -0.1) is 0 Å². The number of benzene rings is 1. The first-order valence-corrected chi connectivity index (χ1v) is 6.83. The van der Waals surface area contributed by atoms with E-state index in [0.717, 1.165) is 18.2 Å². The summed E-state index contributed by atoms with van der Waals surface area (Å²) in [4.78, 5) is 27.5. The highest BCUT2D eigenvalue weighted by Gasteiger charge is 2.22. The van der Waals surface area contributed by atoms with Gasteiger partial charge >= 0.3 is 5.97 Å². The second-order valence-electron chi connectivity index (χ2n) is 4.49. The van der Waals surface area contributed by atoms with E-state index in [1.807, 2.05) is 5.32 Å². The molecule has 0 bridgehead atoms. The number of hydrogen-bond donors (Lipinski definition) is 1. The first kappa shape index (κ1) is 16.8. The fourth-order valence-corrected chi connectivity index (χ4v) is 1.79. The van der Waals surface area contributed by atoms with Crippen LogP contribution < -0.4 is 5.32 Å². The molecule has 1 aromatic heterocycles. The highest BCUT2D eigenvalue weighted by Crippen LogP contribution is 2.18. The molecule has 1 amide bonds. The molecule has 1 heterocycles. The van der Waals surface area contributed by atoms with Crippen LogP contribution in [0.3, 0.4) is 0 Å². The number of para-hydroxylation sites is 1. The van der Waals surface area contributed by atoms with Crippen LogP contribution >= 0.6 is 11.6 Å². The minimum absolute atomic E-state index is 0.0887. The van der Waals surface area contributed by atoms with Crippen molar-refractivity contribution in [3.63, 3.8) is 0 Å². The quantitative estimate of drug-likeness (QED) is 0.868. The lowest BCUT2D eigenvalue weighted by atomic mass is 10.2. The average Bonchev–Trinajstić information content (AvgIpc) is 2.50. The Labute approximate surface area is 135 Å². The van der Waals surface area contributed by atoms with E-state index in [4.69, 9.17) is 16.3 Å². The number of hydrogen-bond acceptors (Lipinski definition) is 4. The number of nitrogens with one attached hydrogen (secondary N) is 1. The third kappa shape index (κ3) is 4.23. The summed E-state index contributed by atoms with van der Waals surface area (Å²) in [5.74, 6) is -3.64. The summed E-state index contributed by atoms with van der Waals surface area (Å²) >= 11 is 5.72. The monoisotopic (exact) mass is 340 g/mol. The van der Waals surface area contributed by atoms with E-state index in [9.17, 15) is 18.4 Å². The average molecular weight is 341 g/mol. The van der Waals surface area contributed by atoms with Crippen LogP contribution in [0.4, 0.5) is 14.5 Å². The van der Waals surface area contributed by atoms with Crippen LogP contribution in [0.15, 0.2) is 36.5 Å². The van der Waals surface area contributed by atoms with Gasteiger partial charge in [0.1, 0.15) is 23.0 Å². The molecule has 0 radical (unpaired) electrons. The van der Waals surface area contributed by atoms with Crippen molar-refractivity contribution < 1.29 is 23.1 Å². The number of pyridine rings is 1. The number of aromatic nitrogens is 1. The number of halogens is 3. The van der Waals surface area contributed by atoms with E-state index in [2.05, 4.69) is 4.98 Å². The maximum Gasteiger partial charge on any atom is 0.357 e. The number of esters is 1. The van der Waals surface area contributed by atoms with Gasteiger partial charge in [0.05, 0.1) is 0 Å². The van der Waals surface area contributed by atoms with Gasteiger partial charge in [-0.2, -0.15) is 0 Å². The molecule has 120 valence electrons. The van der Waals surface area contributed by atoms with Crippen molar-refractivity contribution in [2.24, 2.45) is 0 Å². The Hall–Kier alpha value is -2.54. The predicted molar refractivity (Wildman–Crippen MR) is 79.1 cm³/mol. The molecule has 0 aliphatic rings. The number of ether oxygens (including phenoxy) is 1. The van der Waals surface area contributed by atoms with E-state index < -0.39 is 35.3 Å². The van der Waals surface area contributed by atoms with E-state index >= 15 is 0 Å². The topological polar surface area (TPSA) is 68.3 Å². The van der Waals surface area contributed by atoms with E-state index in [-0.39, 0.29) is 10.7 Å². The second-order valence-corrected chi connectivity index (χ2v) is 4.93. The highest BCUT2D eigenvalue weighted by molar-refractivity contribution is 6.30. The van der Waals surface area contributed by atoms with Gasteiger partial charge in [0.25, 0.3) is 5.91 Å². The molecule has 0 spiro atoms. The van der Waals surface area contributed by atoms with Crippen LogP contribution in [0.5, 0.6) is 0 Å². The molecule has 0 aliphatic carbocycles. The maximum atomic E-state index is 13.5. The molecule has 0 aliphatic heterocycles. The summed E-state index contributed by atoms with van der Waals surface area (Å²) < 4.78 is 31.8. The molecule has 1 aromatic carbocycles. The minimum Gasteiger partial charge on any atom is -0.448 e. The first-order valence-electron chi connectivity index (χ1n) is 6.46. The zero-order chi connectivity index (χ0) is 17.0. The first-order chi connectivity index (χ1) is 10.9. The molecule has 8 heteroatoms. The molecular formula is C15H11ClF2N2O3. The highest BCUT2D eigenvalue weighted by atomic mass is 35.5. The van der Waals surface area contributed by atoms with Crippen LogP contribution in [0, 0.1) is 11.6 Å². The van der Waals surface area contributed by atoms with Crippen LogP contribution in [-0.4, -0.2) is 23.0 Å². The normalized spacial score (nSPS) is 11.7. The minimum atomic E-state index is -1.29. The smallest absolute Gasteiger partial charge is 0.357 e. The molecular weight excluding hydrogens is 330 g/mol. The summed E-state index contributed by atoms with van der Waals surface area (Å²) in [7, 11) is 0. The van der Waals surface area contributed by atoms with Crippen LogP contribution in [0.1, 0.15) is 17.4 Å². The molecule has 2 aromatic rings. The van der Waals surface area contributed by atoms with Gasteiger partial charge in [0.2, 0.25) is 0 Å². The van der Waals surface area contributed by atoms with E-state index in [1.165, 1.54) is 25.3 Å². The Morgan fingerprint density at radius 1 is 1.26 bits per heavy atom. The Morgan fingerprint density at radius 2 is 1.91 bits per heavy atom. The Bertz CT molecular complexity index is 735. The number of amides is 1. The standard InChI is InChI=1S/C15H11ClF2N2O3/c1-8(23-15(22)12-7-9(16)5-6-19-12)14(21)20-13-10(17)3-2-4-11(13)18/h2-8H,1H3,(H,20,21)/t8-/m0/s1. The van der Waals surface area contributed by atoms with Crippen molar-refractivity contribution in [3.05, 3.63) is 58.9 Å². The summed E-state index contributed by atoms with van der Waals surface area (Å²) in [5, 5.41) is 2.31. The van der Waals surface area contributed by atoms with Crippen LogP contribution in [0.2, 0.25) is 5.02 Å². The SMILES string of the molecule is C[C@H](OC(=O)c1cc(Cl)ccn1)C(=O)Nc1c(F)cccc1F. The summed E-state index contributed by atoms with van der Waals surface area (Å²) in [5.41, 5.74) is -0.699. The number of carbonyl (C=O) groups excluding carboxylic acids is 2. The molecule has 0 saturated heterocycles. The molecule has 5 nitrogen and oxygen atoms in total. The predicted octanol–water partition coefficient (Wildman–Crippen LogP) is 3.20. The summed E-state index contributed by atoms with van der Waals surface area (Å²) in [6, 6.07) is 5.88. The third-order valence-corrected chi connectivity index (χ3v) is 3.03. The molecule has 23 heavy (non-hydrogen) atoms. The van der Waals surface area contributed by atoms with Gasteiger partial charge in [0, 0.05) is 11.2 Å². The number of rotatable bonds is 4. The fraction of sp³-hybridized carbons (Fsp3) is 0.133.